The quantitative estimate of drug-likeness (QED) is 0.773. The summed E-state index contributed by atoms with van der Waals surface area (Å²) in [4.78, 5) is 0. The van der Waals surface area contributed by atoms with E-state index in [1.165, 1.54) is 18.4 Å². The number of allylic oxidation sites excluding steroid dienone is 1. The first-order valence-electron chi connectivity index (χ1n) is 6.96. The molecular formula is C16H22ClNO2. The molecule has 0 amide bonds. The molecule has 3 nitrogen and oxygen atoms in total. The van der Waals surface area contributed by atoms with Crippen LogP contribution < -0.4 is 14.8 Å². The third-order valence-corrected chi connectivity index (χ3v) is 3.41. The highest BCUT2D eigenvalue weighted by Gasteiger charge is 2.21. The second-order valence-corrected chi connectivity index (χ2v) is 5.78. The van der Waals surface area contributed by atoms with Crippen LogP contribution in [0.15, 0.2) is 23.8 Å². The fourth-order valence-corrected chi connectivity index (χ4v) is 2.13. The van der Waals surface area contributed by atoms with Crippen LogP contribution in [0.3, 0.4) is 0 Å². The van der Waals surface area contributed by atoms with Crippen molar-refractivity contribution < 1.29 is 9.47 Å². The molecule has 1 aliphatic rings. The summed E-state index contributed by atoms with van der Waals surface area (Å²) in [5.74, 6) is 1.47. The van der Waals surface area contributed by atoms with Crippen LogP contribution in [0.25, 0.3) is 0 Å². The molecule has 0 unspecified atom stereocenters. The first kappa shape index (κ1) is 15.2. The van der Waals surface area contributed by atoms with Gasteiger partial charge in [0.1, 0.15) is 6.61 Å². The van der Waals surface area contributed by atoms with Crippen LogP contribution in [0.2, 0.25) is 5.02 Å². The number of halogens is 1. The zero-order valence-corrected chi connectivity index (χ0v) is 13.1. The van der Waals surface area contributed by atoms with Gasteiger partial charge in [-0.05, 0) is 38.8 Å². The van der Waals surface area contributed by atoms with E-state index in [0.717, 1.165) is 17.9 Å². The van der Waals surface area contributed by atoms with E-state index < -0.39 is 0 Å². The Morgan fingerprint density at radius 2 is 2.15 bits per heavy atom. The topological polar surface area (TPSA) is 30.5 Å². The standard InChI is InChI=1S/C16H22ClNO2/c1-11(2)6-7-20-16-12(10-18-14-4-5-14)8-13(17)9-15(16)19-3/h6,8-9,14,18H,4-5,7,10H2,1-3H3. The minimum absolute atomic E-state index is 0.538. The van der Waals surface area contributed by atoms with Crippen LogP contribution in [0.1, 0.15) is 32.3 Å². The van der Waals surface area contributed by atoms with Gasteiger partial charge in [0.25, 0.3) is 0 Å². The lowest BCUT2D eigenvalue weighted by Gasteiger charge is -2.15. The van der Waals surface area contributed by atoms with Gasteiger partial charge in [-0.15, -0.1) is 0 Å². The van der Waals surface area contributed by atoms with Gasteiger partial charge in [-0.25, -0.2) is 0 Å². The molecule has 0 aliphatic heterocycles. The zero-order chi connectivity index (χ0) is 14.5. The third-order valence-electron chi connectivity index (χ3n) is 3.19. The lowest BCUT2D eigenvalue weighted by Crippen LogP contribution is -2.16. The van der Waals surface area contributed by atoms with Gasteiger partial charge in [0, 0.05) is 29.2 Å². The molecule has 1 saturated carbocycles. The average molecular weight is 296 g/mol. The SMILES string of the molecule is COc1cc(Cl)cc(CNC2CC2)c1OCC=C(C)C. The maximum absolute atomic E-state index is 6.14. The van der Waals surface area contributed by atoms with Crippen molar-refractivity contribution in [3.8, 4) is 11.5 Å². The van der Waals surface area contributed by atoms with Crippen molar-refractivity contribution >= 4 is 11.6 Å². The average Bonchev–Trinajstić information content (AvgIpc) is 3.21. The van der Waals surface area contributed by atoms with Gasteiger partial charge in [-0.2, -0.15) is 0 Å². The second-order valence-electron chi connectivity index (χ2n) is 5.34. The summed E-state index contributed by atoms with van der Waals surface area (Å²) in [6.07, 6.45) is 4.56. The molecular weight excluding hydrogens is 274 g/mol. The van der Waals surface area contributed by atoms with Crippen molar-refractivity contribution in [3.05, 3.63) is 34.4 Å². The Hall–Kier alpha value is -1.19. The van der Waals surface area contributed by atoms with Crippen molar-refractivity contribution in [1.29, 1.82) is 0 Å². The minimum atomic E-state index is 0.538. The molecule has 0 spiro atoms. The van der Waals surface area contributed by atoms with Crippen LogP contribution >= 0.6 is 11.6 Å². The van der Waals surface area contributed by atoms with Crippen molar-refractivity contribution in [2.75, 3.05) is 13.7 Å². The fraction of sp³-hybridized carbons (Fsp3) is 0.500. The second kappa shape index (κ2) is 7.00. The van der Waals surface area contributed by atoms with Gasteiger partial charge in [0.05, 0.1) is 7.11 Å². The smallest absolute Gasteiger partial charge is 0.166 e. The summed E-state index contributed by atoms with van der Waals surface area (Å²) >= 11 is 6.14. The number of benzene rings is 1. The Balaban J connectivity index is 2.16. The monoisotopic (exact) mass is 295 g/mol. The van der Waals surface area contributed by atoms with Gasteiger partial charge >= 0.3 is 0 Å². The van der Waals surface area contributed by atoms with Crippen LogP contribution in [-0.4, -0.2) is 19.8 Å². The van der Waals surface area contributed by atoms with Gasteiger partial charge in [0.2, 0.25) is 0 Å². The van der Waals surface area contributed by atoms with Gasteiger partial charge in [0.15, 0.2) is 11.5 Å². The molecule has 1 N–H and O–H groups in total. The molecule has 110 valence electrons. The number of rotatable bonds is 7. The van der Waals surface area contributed by atoms with Crippen molar-refractivity contribution in [2.45, 2.75) is 39.3 Å². The lowest BCUT2D eigenvalue weighted by molar-refractivity contribution is 0.321. The number of methoxy groups -OCH3 is 1. The van der Waals surface area contributed by atoms with Crippen LogP contribution in [0.5, 0.6) is 11.5 Å². The third kappa shape index (κ3) is 4.43. The molecule has 1 fully saturated rings. The Morgan fingerprint density at radius 3 is 2.75 bits per heavy atom. The zero-order valence-electron chi connectivity index (χ0n) is 12.3. The highest BCUT2D eigenvalue weighted by Crippen LogP contribution is 2.35. The lowest BCUT2D eigenvalue weighted by atomic mass is 10.1. The van der Waals surface area contributed by atoms with Gasteiger partial charge in [-0.3, -0.25) is 0 Å². The van der Waals surface area contributed by atoms with Crippen LogP contribution in [-0.2, 0) is 6.54 Å². The summed E-state index contributed by atoms with van der Waals surface area (Å²) in [6.45, 7) is 5.40. The molecule has 0 atom stereocenters. The van der Waals surface area contributed by atoms with Crippen molar-refractivity contribution in [1.82, 2.24) is 5.32 Å². The summed E-state index contributed by atoms with van der Waals surface area (Å²) in [6, 6.07) is 4.38. The number of ether oxygens (including phenoxy) is 2. The van der Waals surface area contributed by atoms with E-state index in [1.54, 1.807) is 13.2 Å². The van der Waals surface area contributed by atoms with Crippen molar-refractivity contribution in [2.24, 2.45) is 0 Å². The number of nitrogens with one attached hydrogen (secondary N) is 1. The summed E-state index contributed by atoms with van der Waals surface area (Å²) in [5, 5.41) is 4.15. The largest absolute Gasteiger partial charge is 0.493 e. The van der Waals surface area contributed by atoms with Crippen LogP contribution in [0, 0.1) is 0 Å². The maximum atomic E-state index is 6.14. The molecule has 0 radical (unpaired) electrons. The minimum Gasteiger partial charge on any atom is -0.493 e. The molecule has 1 aromatic rings. The summed E-state index contributed by atoms with van der Waals surface area (Å²) in [5.41, 5.74) is 2.28. The number of hydrogen-bond acceptors (Lipinski definition) is 3. The van der Waals surface area contributed by atoms with E-state index >= 15 is 0 Å². The van der Waals surface area contributed by atoms with E-state index in [1.807, 2.05) is 12.1 Å². The normalized spacial score (nSPS) is 14.0. The summed E-state index contributed by atoms with van der Waals surface area (Å²) < 4.78 is 11.3. The molecule has 0 bridgehead atoms. The first-order valence-corrected chi connectivity index (χ1v) is 7.34. The molecule has 1 aromatic carbocycles. The van der Waals surface area contributed by atoms with E-state index in [0.29, 0.717) is 23.4 Å². The van der Waals surface area contributed by atoms with E-state index in [2.05, 4.69) is 19.2 Å². The summed E-state index contributed by atoms with van der Waals surface area (Å²) in [7, 11) is 1.64. The Bertz CT molecular complexity index is 491. The first-order chi connectivity index (χ1) is 9.60. The molecule has 4 heteroatoms. The highest BCUT2D eigenvalue weighted by atomic mass is 35.5. The van der Waals surface area contributed by atoms with E-state index in [4.69, 9.17) is 21.1 Å². The molecule has 2 rings (SSSR count). The van der Waals surface area contributed by atoms with Gasteiger partial charge in [-0.1, -0.05) is 17.2 Å². The van der Waals surface area contributed by atoms with Gasteiger partial charge < -0.3 is 14.8 Å². The maximum Gasteiger partial charge on any atom is 0.166 e. The van der Waals surface area contributed by atoms with Crippen molar-refractivity contribution in [3.63, 3.8) is 0 Å². The predicted molar refractivity (Wildman–Crippen MR) is 82.8 cm³/mol. The molecule has 0 saturated heterocycles. The number of hydrogen-bond donors (Lipinski definition) is 1. The fourth-order valence-electron chi connectivity index (χ4n) is 1.90. The Morgan fingerprint density at radius 1 is 1.40 bits per heavy atom. The Labute approximate surface area is 125 Å². The molecule has 0 aromatic heterocycles. The highest BCUT2D eigenvalue weighted by molar-refractivity contribution is 6.30. The molecule has 0 heterocycles. The molecule has 1 aliphatic carbocycles. The van der Waals surface area contributed by atoms with E-state index in [-0.39, 0.29) is 0 Å². The molecule has 20 heavy (non-hydrogen) atoms. The van der Waals surface area contributed by atoms with Crippen LogP contribution in [0.4, 0.5) is 0 Å². The Kier molecular flexibility index (Phi) is 5.32. The van der Waals surface area contributed by atoms with E-state index in [9.17, 15) is 0 Å². The predicted octanol–water partition coefficient (Wildman–Crippen LogP) is 3.95.